The number of piperidine rings is 2. The Morgan fingerprint density at radius 3 is 2.61 bits per heavy atom. The third-order valence-electron chi connectivity index (χ3n) is 6.09. The molecule has 2 atom stereocenters. The number of benzene rings is 2. The highest BCUT2D eigenvalue weighted by Gasteiger charge is 2.38. The minimum Gasteiger partial charge on any atom is -0.496 e. The molecule has 0 saturated carbocycles. The molecule has 2 aliphatic rings. The van der Waals surface area contributed by atoms with Crippen LogP contribution in [0, 0.1) is 0 Å². The quantitative estimate of drug-likeness (QED) is 0.796. The molecule has 0 aliphatic carbocycles. The van der Waals surface area contributed by atoms with E-state index in [1.54, 1.807) is 19.2 Å². The van der Waals surface area contributed by atoms with Gasteiger partial charge in [-0.15, -0.1) is 0 Å². The van der Waals surface area contributed by atoms with Crippen molar-refractivity contribution < 1.29 is 9.53 Å². The van der Waals surface area contributed by atoms with Gasteiger partial charge in [0.05, 0.1) is 7.11 Å². The predicted molar refractivity (Wildman–Crippen MR) is 112 cm³/mol. The number of amides is 1. The van der Waals surface area contributed by atoms with Gasteiger partial charge >= 0.3 is 0 Å². The minimum atomic E-state index is -0.0243. The summed E-state index contributed by atoms with van der Waals surface area (Å²) in [7, 11) is 1.73. The molecule has 4 nitrogen and oxygen atoms in total. The second-order valence-electron chi connectivity index (χ2n) is 7.87. The summed E-state index contributed by atoms with van der Waals surface area (Å²) in [6.45, 7) is 0.911. The van der Waals surface area contributed by atoms with Gasteiger partial charge in [-0.2, -0.15) is 0 Å². The standard InChI is InChI=1S/C23H27ClN2O2/c1-28-22-11-3-2-6-17(22)15-26-20-9-5-10-21(26)14-19(13-20)25-23(27)16-7-4-8-18(24)12-16/h2-4,6-8,11-12,19-21H,5,9-10,13-15H2,1H3,(H,25,27)/t20-,21-/m0/s1. The summed E-state index contributed by atoms with van der Waals surface area (Å²) in [4.78, 5) is 15.3. The number of rotatable bonds is 5. The summed E-state index contributed by atoms with van der Waals surface area (Å²) in [5, 5.41) is 3.84. The number of carbonyl (C=O) groups is 1. The predicted octanol–water partition coefficient (Wildman–Crippen LogP) is 4.66. The number of hydrogen-bond donors (Lipinski definition) is 1. The van der Waals surface area contributed by atoms with E-state index >= 15 is 0 Å². The summed E-state index contributed by atoms with van der Waals surface area (Å²) in [5.74, 6) is 0.931. The number of nitrogens with zero attached hydrogens (tertiary/aromatic N) is 1. The van der Waals surface area contributed by atoms with E-state index in [0.717, 1.165) is 25.1 Å². The average Bonchev–Trinajstić information content (AvgIpc) is 2.69. The molecule has 2 aromatic rings. The lowest BCUT2D eigenvalue weighted by atomic mass is 9.81. The molecule has 148 valence electrons. The lowest BCUT2D eigenvalue weighted by Crippen LogP contribution is -2.56. The van der Waals surface area contributed by atoms with Crippen LogP contribution in [0.15, 0.2) is 48.5 Å². The van der Waals surface area contributed by atoms with Gasteiger partial charge in [0.15, 0.2) is 0 Å². The number of ether oxygens (including phenoxy) is 1. The molecule has 2 saturated heterocycles. The number of fused-ring (bicyclic) bond motifs is 2. The molecule has 0 radical (unpaired) electrons. The third-order valence-corrected chi connectivity index (χ3v) is 6.33. The lowest BCUT2D eigenvalue weighted by Gasteiger charge is -2.49. The monoisotopic (exact) mass is 398 g/mol. The maximum Gasteiger partial charge on any atom is 0.251 e. The fourth-order valence-electron chi connectivity index (χ4n) is 4.78. The van der Waals surface area contributed by atoms with Crippen molar-refractivity contribution >= 4 is 17.5 Å². The zero-order chi connectivity index (χ0) is 19.5. The zero-order valence-electron chi connectivity index (χ0n) is 16.2. The van der Waals surface area contributed by atoms with Crippen LogP contribution in [0.3, 0.4) is 0 Å². The Bertz CT molecular complexity index is 827. The molecule has 0 aromatic heterocycles. The smallest absolute Gasteiger partial charge is 0.251 e. The van der Waals surface area contributed by atoms with Crippen LogP contribution in [0.25, 0.3) is 0 Å². The molecule has 2 heterocycles. The normalized spacial score (nSPS) is 24.6. The van der Waals surface area contributed by atoms with Gasteiger partial charge in [0.25, 0.3) is 5.91 Å². The Kier molecular flexibility index (Phi) is 5.88. The van der Waals surface area contributed by atoms with Gasteiger partial charge in [-0.25, -0.2) is 0 Å². The molecule has 5 heteroatoms. The Labute approximate surface area is 171 Å². The van der Waals surface area contributed by atoms with Crippen LogP contribution in [-0.2, 0) is 6.54 Å². The summed E-state index contributed by atoms with van der Waals surface area (Å²) < 4.78 is 5.55. The van der Waals surface area contributed by atoms with Crippen molar-refractivity contribution in [2.75, 3.05) is 7.11 Å². The van der Waals surface area contributed by atoms with Crippen molar-refractivity contribution in [3.63, 3.8) is 0 Å². The van der Waals surface area contributed by atoms with Crippen molar-refractivity contribution in [2.24, 2.45) is 0 Å². The largest absolute Gasteiger partial charge is 0.496 e. The third kappa shape index (κ3) is 4.18. The van der Waals surface area contributed by atoms with Crippen molar-refractivity contribution in [1.82, 2.24) is 10.2 Å². The molecule has 2 fully saturated rings. The molecule has 1 N–H and O–H groups in total. The first kappa shape index (κ1) is 19.3. The van der Waals surface area contributed by atoms with Crippen LogP contribution >= 0.6 is 11.6 Å². The average molecular weight is 399 g/mol. The minimum absolute atomic E-state index is 0.0243. The Balaban J connectivity index is 1.44. The van der Waals surface area contributed by atoms with E-state index in [0.29, 0.717) is 22.7 Å². The van der Waals surface area contributed by atoms with E-state index in [1.807, 2.05) is 24.3 Å². The second kappa shape index (κ2) is 8.54. The molecule has 0 spiro atoms. The highest BCUT2D eigenvalue weighted by molar-refractivity contribution is 6.30. The van der Waals surface area contributed by atoms with Crippen LogP contribution in [0.5, 0.6) is 5.75 Å². The summed E-state index contributed by atoms with van der Waals surface area (Å²) in [5.41, 5.74) is 1.87. The van der Waals surface area contributed by atoms with Gasteiger partial charge in [-0.3, -0.25) is 9.69 Å². The number of nitrogens with one attached hydrogen (secondary N) is 1. The number of methoxy groups -OCH3 is 1. The van der Waals surface area contributed by atoms with E-state index in [4.69, 9.17) is 16.3 Å². The first-order chi connectivity index (χ1) is 13.6. The molecular weight excluding hydrogens is 372 g/mol. The second-order valence-corrected chi connectivity index (χ2v) is 8.31. The Hall–Kier alpha value is -2.04. The Morgan fingerprint density at radius 1 is 1.14 bits per heavy atom. The van der Waals surface area contributed by atoms with Crippen LogP contribution in [0.4, 0.5) is 0 Å². The molecule has 1 amide bonds. The van der Waals surface area contributed by atoms with E-state index < -0.39 is 0 Å². The SMILES string of the molecule is COc1ccccc1CN1[C@H]2CCC[C@H]1CC(NC(=O)c1cccc(Cl)c1)C2. The molecular formula is C23H27ClN2O2. The van der Waals surface area contributed by atoms with E-state index in [-0.39, 0.29) is 11.9 Å². The fourth-order valence-corrected chi connectivity index (χ4v) is 4.97. The molecule has 28 heavy (non-hydrogen) atoms. The number of carbonyl (C=O) groups excluding carboxylic acids is 1. The highest BCUT2D eigenvalue weighted by Crippen LogP contribution is 2.36. The van der Waals surface area contributed by atoms with Crippen molar-refractivity contribution in [1.29, 1.82) is 0 Å². The first-order valence-corrected chi connectivity index (χ1v) is 10.5. The number of hydrogen-bond acceptors (Lipinski definition) is 3. The van der Waals surface area contributed by atoms with Crippen LogP contribution in [0.2, 0.25) is 5.02 Å². The van der Waals surface area contributed by atoms with Crippen molar-refractivity contribution in [2.45, 2.75) is 56.8 Å². The first-order valence-electron chi connectivity index (χ1n) is 10.1. The van der Waals surface area contributed by atoms with Crippen LogP contribution in [-0.4, -0.2) is 36.0 Å². The molecule has 2 aliphatic heterocycles. The summed E-state index contributed by atoms with van der Waals surface area (Å²) in [6, 6.07) is 16.7. The van der Waals surface area contributed by atoms with Gasteiger partial charge < -0.3 is 10.1 Å². The summed E-state index contributed by atoms with van der Waals surface area (Å²) >= 11 is 6.03. The van der Waals surface area contributed by atoms with Gasteiger partial charge in [0.1, 0.15) is 5.75 Å². The van der Waals surface area contributed by atoms with Crippen molar-refractivity contribution in [3.05, 3.63) is 64.7 Å². The van der Waals surface area contributed by atoms with Gasteiger partial charge in [0.2, 0.25) is 0 Å². The van der Waals surface area contributed by atoms with E-state index in [1.165, 1.54) is 24.8 Å². The molecule has 4 rings (SSSR count). The van der Waals surface area contributed by atoms with Crippen molar-refractivity contribution in [3.8, 4) is 5.75 Å². The number of para-hydroxylation sites is 1. The zero-order valence-corrected chi connectivity index (χ0v) is 17.0. The van der Waals surface area contributed by atoms with Gasteiger partial charge in [-0.05, 0) is 49.9 Å². The highest BCUT2D eigenvalue weighted by atomic mass is 35.5. The maximum absolute atomic E-state index is 12.6. The fraction of sp³-hybridized carbons (Fsp3) is 0.435. The topological polar surface area (TPSA) is 41.6 Å². The Morgan fingerprint density at radius 2 is 1.89 bits per heavy atom. The molecule has 0 unspecified atom stereocenters. The number of halogens is 1. The van der Waals surface area contributed by atoms with Crippen LogP contribution < -0.4 is 10.1 Å². The van der Waals surface area contributed by atoms with E-state index in [2.05, 4.69) is 22.3 Å². The molecule has 2 aromatic carbocycles. The van der Waals surface area contributed by atoms with Crippen LogP contribution in [0.1, 0.15) is 48.0 Å². The molecule has 2 bridgehead atoms. The van der Waals surface area contributed by atoms with Gasteiger partial charge in [0, 0.05) is 40.8 Å². The summed E-state index contributed by atoms with van der Waals surface area (Å²) in [6.07, 6.45) is 5.65. The van der Waals surface area contributed by atoms with E-state index in [9.17, 15) is 4.79 Å². The van der Waals surface area contributed by atoms with Gasteiger partial charge in [-0.1, -0.05) is 42.3 Å². The maximum atomic E-state index is 12.6. The lowest BCUT2D eigenvalue weighted by molar-refractivity contribution is 0.0172.